The van der Waals surface area contributed by atoms with Crippen LogP contribution in [0.2, 0.25) is 0 Å². The highest BCUT2D eigenvalue weighted by molar-refractivity contribution is 5.74. The average molecular weight is 473 g/mol. The second-order valence-corrected chi connectivity index (χ2v) is 8.99. The number of amides is 2. The van der Waals surface area contributed by atoms with E-state index in [-0.39, 0.29) is 29.5 Å². The van der Waals surface area contributed by atoms with Gasteiger partial charge in [-0.15, -0.1) is 0 Å². The van der Waals surface area contributed by atoms with Crippen molar-refractivity contribution in [2.45, 2.75) is 51.5 Å². The molecule has 1 saturated heterocycles. The first-order chi connectivity index (χ1) is 15.1. The monoisotopic (exact) mass is 473 g/mol. The van der Waals surface area contributed by atoms with Gasteiger partial charge in [-0.2, -0.15) is 13.2 Å². The smallest absolute Gasteiger partial charge is 0.475 e. The van der Waals surface area contributed by atoms with Crippen LogP contribution in [0.15, 0.2) is 41.0 Å². The van der Waals surface area contributed by atoms with Crippen molar-refractivity contribution in [3.8, 4) is 11.3 Å². The Balaban J connectivity index is 0.000000479. The number of benzene rings is 1. The number of nitrogens with zero attached hydrogens (tertiary/aromatic N) is 1. The number of furan rings is 1. The van der Waals surface area contributed by atoms with E-state index in [4.69, 9.17) is 14.3 Å². The number of rotatable bonds is 3. The van der Waals surface area contributed by atoms with Crippen LogP contribution in [-0.4, -0.2) is 52.4 Å². The summed E-state index contributed by atoms with van der Waals surface area (Å²) in [5.41, 5.74) is 0.778. The Morgan fingerprint density at radius 3 is 2.18 bits per heavy atom. The number of hydrogen-bond donors (Lipinski definition) is 3. The first-order valence-corrected chi connectivity index (χ1v) is 10.0. The van der Waals surface area contributed by atoms with Crippen LogP contribution in [0.5, 0.6) is 0 Å². The number of aliphatic carboxylic acids is 1. The lowest BCUT2D eigenvalue weighted by molar-refractivity contribution is -0.192. The molecular weight excluding hydrogens is 446 g/mol. The lowest BCUT2D eigenvalue weighted by atomic mass is 9.92. The van der Waals surface area contributed by atoms with Crippen molar-refractivity contribution in [1.29, 1.82) is 0 Å². The predicted octanol–water partition coefficient (Wildman–Crippen LogP) is 4.39. The molecule has 0 saturated carbocycles. The zero-order valence-electron chi connectivity index (χ0n) is 18.7. The van der Waals surface area contributed by atoms with Gasteiger partial charge < -0.3 is 25.1 Å². The number of urea groups is 1. The standard InChI is InChI=1S/C20H26FN3O2.C2HF3O2/c1-19(2)12-24(13-20(3,4)23-19)18(25)22-11-15-8-7-14(10-16(15)21)17-6-5-9-26-17;3-2(4,5)1(6)7/h5-10,23H,11-13H2,1-4H3,(H,22,25);(H,6,7). The highest BCUT2D eigenvalue weighted by Gasteiger charge is 2.39. The molecule has 0 spiro atoms. The number of carboxylic acids is 1. The van der Waals surface area contributed by atoms with Crippen molar-refractivity contribution in [2.75, 3.05) is 13.1 Å². The average Bonchev–Trinajstić information content (AvgIpc) is 3.18. The minimum absolute atomic E-state index is 0.147. The SMILES string of the molecule is CC1(C)CN(C(=O)NCc2ccc(-c3ccco3)cc2F)CC(C)(C)N1.O=C(O)C(F)(F)F. The van der Waals surface area contributed by atoms with E-state index in [1.54, 1.807) is 35.4 Å². The number of carbonyl (C=O) groups excluding carboxylic acids is 1. The molecule has 1 aliphatic rings. The zero-order chi connectivity index (χ0) is 25.0. The van der Waals surface area contributed by atoms with Gasteiger partial charge in [-0.3, -0.25) is 0 Å². The second-order valence-electron chi connectivity index (χ2n) is 8.99. The van der Waals surface area contributed by atoms with Gasteiger partial charge in [-0.25, -0.2) is 14.0 Å². The van der Waals surface area contributed by atoms with Crippen LogP contribution in [0.25, 0.3) is 11.3 Å². The minimum Gasteiger partial charge on any atom is -0.475 e. The summed E-state index contributed by atoms with van der Waals surface area (Å²) >= 11 is 0. The van der Waals surface area contributed by atoms with Gasteiger partial charge in [0, 0.05) is 41.8 Å². The molecule has 3 rings (SSSR count). The molecule has 3 N–H and O–H groups in total. The zero-order valence-corrected chi connectivity index (χ0v) is 18.7. The molecule has 0 unspecified atom stereocenters. The van der Waals surface area contributed by atoms with Crippen molar-refractivity contribution in [3.63, 3.8) is 0 Å². The fourth-order valence-corrected chi connectivity index (χ4v) is 3.72. The molecule has 2 aromatic rings. The summed E-state index contributed by atoms with van der Waals surface area (Å²) in [7, 11) is 0. The van der Waals surface area contributed by atoms with Crippen molar-refractivity contribution >= 4 is 12.0 Å². The molecule has 1 aromatic heterocycles. The number of carboxylic acid groups (broad SMARTS) is 1. The van der Waals surface area contributed by atoms with Crippen LogP contribution in [0.3, 0.4) is 0 Å². The molecule has 11 heteroatoms. The second kappa shape index (κ2) is 9.82. The summed E-state index contributed by atoms with van der Waals surface area (Å²) in [5, 5.41) is 13.5. The van der Waals surface area contributed by atoms with Gasteiger partial charge >= 0.3 is 18.2 Å². The highest BCUT2D eigenvalue weighted by atomic mass is 19.4. The minimum atomic E-state index is -5.08. The summed E-state index contributed by atoms with van der Waals surface area (Å²) in [5.74, 6) is -2.50. The van der Waals surface area contributed by atoms with Crippen molar-refractivity contribution in [1.82, 2.24) is 15.5 Å². The van der Waals surface area contributed by atoms with Gasteiger partial charge in [0.15, 0.2) is 0 Å². The predicted molar refractivity (Wildman–Crippen MR) is 113 cm³/mol. The van der Waals surface area contributed by atoms with E-state index in [1.165, 1.54) is 6.07 Å². The topological polar surface area (TPSA) is 94.8 Å². The van der Waals surface area contributed by atoms with Crippen molar-refractivity contribution in [3.05, 3.63) is 48.0 Å². The van der Waals surface area contributed by atoms with Gasteiger partial charge in [-0.1, -0.05) is 12.1 Å². The maximum absolute atomic E-state index is 14.4. The summed E-state index contributed by atoms with van der Waals surface area (Å²) < 4.78 is 51.4. The third kappa shape index (κ3) is 7.77. The Bertz CT molecular complexity index is 957. The number of alkyl halides is 3. The third-order valence-electron chi connectivity index (χ3n) is 4.67. The lowest BCUT2D eigenvalue weighted by Crippen LogP contribution is -2.68. The van der Waals surface area contributed by atoms with E-state index in [0.717, 1.165) is 0 Å². The molecule has 7 nitrogen and oxygen atoms in total. The molecule has 1 aliphatic heterocycles. The highest BCUT2D eigenvalue weighted by Crippen LogP contribution is 2.23. The van der Waals surface area contributed by atoms with E-state index >= 15 is 0 Å². The van der Waals surface area contributed by atoms with E-state index < -0.39 is 12.1 Å². The Morgan fingerprint density at radius 2 is 1.73 bits per heavy atom. The van der Waals surface area contributed by atoms with Crippen LogP contribution in [0, 0.1) is 5.82 Å². The Labute approximate surface area is 188 Å². The van der Waals surface area contributed by atoms with E-state index in [0.29, 0.717) is 30.0 Å². The van der Waals surface area contributed by atoms with Crippen LogP contribution < -0.4 is 10.6 Å². The molecule has 1 aromatic carbocycles. The summed E-state index contributed by atoms with van der Waals surface area (Å²) in [6.45, 7) is 9.63. The number of carbonyl (C=O) groups is 2. The molecule has 0 aliphatic carbocycles. The third-order valence-corrected chi connectivity index (χ3v) is 4.67. The maximum atomic E-state index is 14.4. The summed E-state index contributed by atoms with van der Waals surface area (Å²) in [6, 6.07) is 8.26. The summed E-state index contributed by atoms with van der Waals surface area (Å²) in [6.07, 6.45) is -3.53. The van der Waals surface area contributed by atoms with E-state index in [2.05, 4.69) is 38.3 Å². The van der Waals surface area contributed by atoms with Crippen LogP contribution in [0.4, 0.5) is 22.4 Å². The molecule has 0 atom stereocenters. The number of hydrogen-bond acceptors (Lipinski definition) is 4. The molecule has 33 heavy (non-hydrogen) atoms. The van der Waals surface area contributed by atoms with Gasteiger partial charge in [0.05, 0.1) is 6.26 Å². The van der Waals surface area contributed by atoms with Gasteiger partial charge in [0.2, 0.25) is 0 Å². The Kier molecular flexibility index (Phi) is 7.79. The molecule has 2 heterocycles. The normalized spacial score (nSPS) is 17.0. The van der Waals surface area contributed by atoms with Gasteiger partial charge in [0.25, 0.3) is 0 Å². The molecule has 182 valence electrons. The fraction of sp³-hybridized carbons (Fsp3) is 0.455. The molecule has 0 radical (unpaired) electrons. The fourth-order valence-electron chi connectivity index (χ4n) is 3.72. The van der Waals surface area contributed by atoms with Crippen molar-refractivity contribution < 1.29 is 36.7 Å². The first kappa shape index (κ1) is 26.2. The molecular formula is C22H27F4N3O4. The quantitative estimate of drug-likeness (QED) is 0.575. The van der Waals surface area contributed by atoms with Crippen molar-refractivity contribution in [2.24, 2.45) is 0 Å². The number of halogens is 4. The van der Waals surface area contributed by atoms with Crippen LogP contribution in [-0.2, 0) is 11.3 Å². The summed E-state index contributed by atoms with van der Waals surface area (Å²) in [4.78, 5) is 23.2. The van der Waals surface area contributed by atoms with E-state index in [9.17, 15) is 22.4 Å². The number of piperazine rings is 1. The van der Waals surface area contributed by atoms with Gasteiger partial charge in [-0.05, 0) is 45.9 Å². The van der Waals surface area contributed by atoms with Crippen LogP contribution in [0.1, 0.15) is 33.3 Å². The lowest BCUT2D eigenvalue weighted by Gasteiger charge is -2.48. The van der Waals surface area contributed by atoms with E-state index in [1.807, 2.05) is 0 Å². The van der Waals surface area contributed by atoms with Gasteiger partial charge in [0.1, 0.15) is 11.6 Å². The first-order valence-electron chi connectivity index (χ1n) is 10.0. The number of nitrogens with one attached hydrogen (secondary N) is 2. The largest absolute Gasteiger partial charge is 0.490 e. The molecule has 0 bridgehead atoms. The maximum Gasteiger partial charge on any atom is 0.490 e. The molecule has 2 amide bonds. The Morgan fingerprint density at radius 1 is 1.15 bits per heavy atom. The molecule has 1 fully saturated rings. The van der Waals surface area contributed by atoms with Crippen LogP contribution >= 0.6 is 0 Å². The Hall–Kier alpha value is -3.08.